The van der Waals surface area contributed by atoms with Crippen molar-refractivity contribution in [3.05, 3.63) is 62.8 Å². The molecular weight excluding hydrogens is 336 g/mol. The molecule has 0 bridgehead atoms. The van der Waals surface area contributed by atoms with E-state index in [0.717, 1.165) is 24.3 Å². The van der Waals surface area contributed by atoms with Crippen molar-refractivity contribution in [2.24, 2.45) is 7.05 Å². The number of aromatic nitrogens is 5. The SMILES string of the molecule is Cn1cc(C(=O)N2CCCC(c3nnc4ccccn34)C2)c(=O)[nH]c1=O. The molecule has 0 aliphatic carbocycles. The van der Waals surface area contributed by atoms with Gasteiger partial charge < -0.3 is 9.47 Å². The quantitative estimate of drug-likeness (QED) is 0.704. The summed E-state index contributed by atoms with van der Waals surface area (Å²) < 4.78 is 3.12. The molecule has 1 saturated heterocycles. The van der Waals surface area contributed by atoms with Crippen LogP contribution in [0.25, 0.3) is 5.65 Å². The highest BCUT2D eigenvalue weighted by Gasteiger charge is 2.29. The summed E-state index contributed by atoms with van der Waals surface area (Å²) in [4.78, 5) is 40.1. The van der Waals surface area contributed by atoms with Crippen molar-refractivity contribution >= 4 is 11.6 Å². The van der Waals surface area contributed by atoms with Crippen molar-refractivity contribution in [1.29, 1.82) is 0 Å². The summed E-state index contributed by atoms with van der Waals surface area (Å²) >= 11 is 0. The van der Waals surface area contributed by atoms with E-state index < -0.39 is 11.2 Å². The van der Waals surface area contributed by atoms with E-state index in [1.165, 1.54) is 17.8 Å². The second kappa shape index (κ2) is 6.25. The van der Waals surface area contributed by atoms with Gasteiger partial charge in [0.2, 0.25) is 0 Å². The summed E-state index contributed by atoms with van der Waals surface area (Å²) in [7, 11) is 1.50. The third-order valence-electron chi connectivity index (χ3n) is 4.75. The minimum absolute atomic E-state index is 0.0288. The van der Waals surface area contributed by atoms with Crippen molar-refractivity contribution in [3.8, 4) is 0 Å². The van der Waals surface area contributed by atoms with Gasteiger partial charge in [0.05, 0.1) is 0 Å². The maximum Gasteiger partial charge on any atom is 0.328 e. The van der Waals surface area contributed by atoms with Crippen LogP contribution in [0.5, 0.6) is 0 Å². The number of aromatic amines is 1. The lowest BCUT2D eigenvalue weighted by atomic mass is 9.96. The van der Waals surface area contributed by atoms with E-state index in [1.54, 1.807) is 4.90 Å². The molecular formula is C17H18N6O3. The van der Waals surface area contributed by atoms with Crippen LogP contribution in [0.15, 0.2) is 40.2 Å². The van der Waals surface area contributed by atoms with Crippen molar-refractivity contribution in [3.63, 3.8) is 0 Å². The first-order valence-corrected chi connectivity index (χ1v) is 8.43. The summed E-state index contributed by atoms with van der Waals surface area (Å²) in [6.45, 7) is 1.02. The van der Waals surface area contributed by atoms with E-state index in [1.807, 2.05) is 28.8 Å². The molecule has 1 aliphatic rings. The number of hydrogen-bond donors (Lipinski definition) is 1. The second-order valence-corrected chi connectivity index (χ2v) is 6.49. The molecule has 1 N–H and O–H groups in total. The monoisotopic (exact) mass is 354 g/mol. The molecule has 9 nitrogen and oxygen atoms in total. The Kier molecular flexibility index (Phi) is 3.90. The summed E-state index contributed by atoms with van der Waals surface area (Å²) in [6.07, 6.45) is 4.90. The molecule has 1 unspecified atom stereocenters. The third kappa shape index (κ3) is 2.71. The van der Waals surface area contributed by atoms with E-state index in [2.05, 4.69) is 15.2 Å². The molecule has 1 amide bonds. The summed E-state index contributed by atoms with van der Waals surface area (Å²) in [5.41, 5.74) is -0.467. The van der Waals surface area contributed by atoms with Gasteiger partial charge in [0.15, 0.2) is 5.65 Å². The van der Waals surface area contributed by atoms with Crippen LogP contribution in [0.4, 0.5) is 0 Å². The minimum Gasteiger partial charge on any atom is -0.338 e. The number of nitrogens with one attached hydrogen (secondary N) is 1. The molecule has 4 rings (SSSR count). The lowest BCUT2D eigenvalue weighted by Gasteiger charge is -2.31. The molecule has 3 aromatic heterocycles. The fourth-order valence-corrected chi connectivity index (χ4v) is 3.40. The van der Waals surface area contributed by atoms with Gasteiger partial charge in [-0.3, -0.25) is 19.0 Å². The standard InChI is InChI=1S/C17H18N6O3/c1-21-10-12(15(24)18-17(21)26)16(25)22-7-4-5-11(9-22)14-20-19-13-6-2-3-8-23(13)14/h2-3,6,8,10-11H,4-5,7,9H2,1H3,(H,18,24,26). The number of H-pyrrole nitrogens is 1. The third-order valence-corrected chi connectivity index (χ3v) is 4.75. The largest absolute Gasteiger partial charge is 0.338 e. The number of piperidine rings is 1. The summed E-state index contributed by atoms with van der Waals surface area (Å²) in [5, 5.41) is 8.46. The molecule has 9 heteroatoms. The van der Waals surface area contributed by atoms with E-state index in [9.17, 15) is 14.4 Å². The molecule has 1 atom stereocenters. The van der Waals surface area contributed by atoms with Crippen LogP contribution in [-0.2, 0) is 7.05 Å². The number of hydrogen-bond acceptors (Lipinski definition) is 5. The summed E-state index contributed by atoms with van der Waals surface area (Å²) in [5.74, 6) is 0.476. The van der Waals surface area contributed by atoms with Crippen LogP contribution in [0, 0.1) is 0 Å². The van der Waals surface area contributed by atoms with Crippen molar-refractivity contribution < 1.29 is 4.79 Å². The molecule has 0 spiro atoms. The Morgan fingerprint density at radius 1 is 1.27 bits per heavy atom. The zero-order valence-corrected chi connectivity index (χ0v) is 14.3. The predicted molar refractivity (Wildman–Crippen MR) is 93.2 cm³/mol. The Balaban J connectivity index is 1.63. The average Bonchev–Trinajstić information content (AvgIpc) is 3.08. The maximum atomic E-state index is 12.8. The van der Waals surface area contributed by atoms with Crippen LogP contribution < -0.4 is 11.2 Å². The fourth-order valence-electron chi connectivity index (χ4n) is 3.40. The molecule has 1 aliphatic heterocycles. The first-order chi connectivity index (χ1) is 12.5. The van der Waals surface area contributed by atoms with Gasteiger partial charge in [-0.2, -0.15) is 0 Å². The number of nitrogens with zero attached hydrogens (tertiary/aromatic N) is 5. The van der Waals surface area contributed by atoms with Crippen LogP contribution in [0.3, 0.4) is 0 Å². The van der Waals surface area contributed by atoms with Crippen LogP contribution in [0.2, 0.25) is 0 Å². The molecule has 3 aromatic rings. The number of pyridine rings is 1. The lowest BCUT2D eigenvalue weighted by molar-refractivity contribution is 0.0701. The number of fused-ring (bicyclic) bond motifs is 1. The second-order valence-electron chi connectivity index (χ2n) is 6.49. The van der Waals surface area contributed by atoms with Crippen molar-refractivity contribution in [2.75, 3.05) is 13.1 Å². The fraction of sp³-hybridized carbons (Fsp3) is 0.353. The summed E-state index contributed by atoms with van der Waals surface area (Å²) in [6, 6.07) is 5.69. The van der Waals surface area contributed by atoms with Gasteiger partial charge >= 0.3 is 5.69 Å². The predicted octanol–water partition coefficient (Wildman–Crippen LogP) is 0.136. The normalized spacial score (nSPS) is 17.6. The molecule has 4 heterocycles. The van der Waals surface area contributed by atoms with Gasteiger partial charge in [-0.1, -0.05) is 6.07 Å². The molecule has 0 radical (unpaired) electrons. The highest BCUT2D eigenvalue weighted by molar-refractivity contribution is 5.93. The Hall–Kier alpha value is -3.23. The molecule has 26 heavy (non-hydrogen) atoms. The lowest BCUT2D eigenvalue weighted by Crippen LogP contribution is -2.43. The molecule has 1 fully saturated rings. The van der Waals surface area contributed by atoms with E-state index in [-0.39, 0.29) is 17.4 Å². The van der Waals surface area contributed by atoms with Gasteiger partial charge in [-0.15, -0.1) is 10.2 Å². The zero-order chi connectivity index (χ0) is 18.3. The average molecular weight is 354 g/mol. The van der Waals surface area contributed by atoms with Crippen molar-refractivity contribution in [2.45, 2.75) is 18.8 Å². The van der Waals surface area contributed by atoms with Gasteiger partial charge in [0.25, 0.3) is 11.5 Å². The first-order valence-electron chi connectivity index (χ1n) is 8.43. The van der Waals surface area contributed by atoms with Crippen LogP contribution in [0.1, 0.15) is 34.9 Å². The first kappa shape index (κ1) is 16.2. The van der Waals surface area contributed by atoms with E-state index in [0.29, 0.717) is 13.1 Å². The molecule has 0 saturated carbocycles. The number of aryl methyl sites for hydroxylation is 1. The topological polar surface area (TPSA) is 105 Å². The molecule has 0 aromatic carbocycles. The van der Waals surface area contributed by atoms with Gasteiger partial charge in [0.1, 0.15) is 11.4 Å². The number of carbonyl (C=O) groups excluding carboxylic acids is 1. The Morgan fingerprint density at radius 2 is 2.12 bits per heavy atom. The highest BCUT2D eigenvalue weighted by atomic mass is 16.2. The van der Waals surface area contributed by atoms with Crippen LogP contribution >= 0.6 is 0 Å². The number of carbonyl (C=O) groups is 1. The van der Waals surface area contributed by atoms with Gasteiger partial charge in [-0.25, -0.2) is 4.79 Å². The Morgan fingerprint density at radius 3 is 2.96 bits per heavy atom. The highest BCUT2D eigenvalue weighted by Crippen LogP contribution is 2.26. The van der Waals surface area contributed by atoms with E-state index in [4.69, 9.17) is 0 Å². The number of amides is 1. The van der Waals surface area contributed by atoms with Crippen LogP contribution in [-0.4, -0.2) is 48.0 Å². The Labute approximate surface area is 147 Å². The van der Waals surface area contributed by atoms with Gasteiger partial charge in [-0.05, 0) is 25.0 Å². The Bertz CT molecular complexity index is 1100. The van der Waals surface area contributed by atoms with E-state index >= 15 is 0 Å². The minimum atomic E-state index is -0.659. The maximum absolute atomic E-state index is 12.8. The van der Waals surface area contributed by atoms with Gasteiger partial charge in [0, 0.05) is 38.4 Å². The molecule has 134 valence electrons. The van der Waals surface area contributed by atoms with Crippen molar-refractivity contribution in [1.82, 2.24) is 29.0 Å². The number of likely N-dealkylation sites (tertiary alicyclic amines) is 1. The number of rotatable bonds is 2. The zero-order valence-electron chi connectivity index (χ0n) is 14.3. The smallest absolute Gasteiger partial charge is 0.328 e.